The lowest BCUT2D eigenvalue weighted by molar-refractivity contribution is 0.375. The molecule has 6 nitrogen and oxygen atoms in total. The molecule has 2 N–H and O–H groups in total. The Morgan fingerprint density at radius 1 is 1.38 bits per heavy atom. The zero-order valence-electron chi connectivity index (χ0n) is 12.3. The Kier molecular flexibility index (Phi) is 5.22. The van der Waals surface area contributed by atoms with Crippen LogP contribution in [0.5, 0.6) is 0 Å². The van der Waals surface area contributed by atoms with E-state index in [0.29, 0.717) is 18.8 Å². The first-order chi connectivity index (χ1) is 10.1. The SMILES string of the molecule is CCNCc1cc(S(=O)(=O)N(CC)Cc2ccco2)c[nH]1. The highest BCUT2D eigenvalue weighted by Gasteiger charge is 2.25. The quantitative estimate of drug-likeness (QED) is 0.781. The number of rotatable bonds is 8. The van der Waals surface area contributed by atoms with E-state index in [1.54, 1.807) is 24.5 Å². The lowest BCUT2D eigenvalue weighted by Crippen LogP contribution is -2.30. The lowest BCUT2D eigenvalue weighted by atomic mass is 10.4. The molecule has 0 amide bonds. The minimum atomic E-state index is -3.52. The van der Waals surface area contributed by atoms with E-state index in [-0.39, 0.29) is 11.4 Å². The smallest absolute Gasteiger partial charge is 0.244 e. The maximum atomic E-state index is 12.6. The molecule has 116 valence electrons. The van der Waals surface area contributed by atoms with E-state index in [1.165, 1.54) is 10.5 Å². The Hall–Kier alpha value is -1.57. The van der Waals surface area contributed by atoms with Gasteiger partial charge in [0, 0.05) is 25.0 Å². The van der Waals surface area contributed by atoms with Crippen molar-refractivity contribution >= 4 is 10.0 Å². The van der Waals surface area contributed by atoms with E-state index < -0.39 is 10.0 Å². The number of nitrogens with zero attached hydrogens (tertiary/aromatic N) is 1. The summed E-state index contributed by atoms with van der Waals surface area (Å²) in [5.41, 5.74) is 0.851. The lowest BCUT2D eigenvalue weighted by Gasteiger charge is -2.18. The number of aromatic nitrogens is 1. The van der Waals surface area contributed by atoms with Gasteiger partial charge in [0.2, 0.25) is 10.0 Å². The van der Waals surface area contributed by atoms with Gasteiger partial charge >= 0.3 is 0 Å². The average Bonchev–Trinajstić information content (AvgIpc) is 3.13. The Labute approximate surface area is 125 Å². The van der Waals surface area contributed by atoms with Crippen molar-refractivity contribution in [2.75, 3.05) is 13.1 Å². The van der Waals surface area contributed by atoms with E-state index in [9.17, 15) is 8.42 Å². The third-order valence-electron chi connectivity index (χ3n) is 3.18. The number of H-pyrrole nitrogens is 1. The van der Waals surface area contributed by atoms with Crippen molar-refractivity contribution in [2.24, 2.45) is 0 Å². The summed E-state index contributed by atoms with van der Waals surface area (Å²) in [6.07, 6.45) is 3.08. The molecular weight excluding hydrogens is 290 g/mol. The monoisotopic (exact) mass is 311 g/mol. The molecule has 0 atom stereocenters. The van der Waals surface area contributed by atoms with Crippen LogP contribution in [-0.2, 0) is 23.1 Å². The van der Waals surface area contributed by atoms with Gasteiger partial charge in [-0.05, 0) is 24.7 Å². The molecule has 0 aromatic carbocycles. The van der Waals surface area contributed by atoms with E-state index in [1.807, 2.05) is 13.8 Å². The average molecular weight is 311 g/mol. The van der Waals surface area contributed by atoms with Crippen LogP contribution in [0.1, 0.15) is 25.3 Å². The summed E-state index contributed by atoms with van der Waals surface area (Å²) in [5.74, 6) is 0.629. The maximum Gasteiger partial charge on any atom is 0.244 e. The summed E-state index contributed by atoms with van der Waals surface area (Å²) in [4.78, 5) is 3.27. The first-order valence-electron chi connectivity index (χ1n) is 6.98. The minimum Gasteiger partial charge on any atom is -0.468 e. The molecular formula is C14H21N3O3S. The van der Waals surface area contributed by atoms with Gasteiger partial charge in [0.1, 0.15) is 5.76 Å². The van der Waals surface area contributed by atoms with Gasteiger partial charge in [-0.25, -0.2) is 8.42 Å². The number of hydrogen-bond donors (Lipinski definition) is 2. The second-order valence-electron chi connectivity index (χ2n) is 4.65. The fourth-order valence-corrected chi connectivity index (χ4v) is 3.46. The van der Waals surface area contributed by atoms with Crippen LogP contribution < -0.4 is 5.32 Å². The molecule has 0 saturated carbocycles. The van der Waals surface area contributed by atoms with E-state index >= 15 is 0 Å². The summed E-state index contributed by atoms with van der Waals surface area (Å²) in [5, 5.41) is 3.15. The van der Waals surface area contributed by atoms with Crippen molar-refractivity contribution in [3.63, 3.8) is 0 Å². The number of furan rings is 1. The molecule has 0 aliphatic carbocycles. The molecule has 0 unspecified atom stereocenters. The summed E-state index contributed by atoms with van der Waals surface area (Å²) >= 11 is 0. The van der Waals surface area contributed by atoms with Gasteiger partial charge in [0.15, 0.2) is 0 Å². The molecule has 0 fully saturated rings. The van der Waals surface area contributed by atoms with Crippen LogP contribution in [0.15, 0.2) is 40.0 Å². The second kappa shape index (κ2) is 6.93. The van der Waals surface area contributed by atoms with Crippen LogP contribution >= 0.6 is 0 Å². The predicted octanol–water partition coefficient (Wildman–Crippen LogP) is 1.93. The number of aromatic amines is 1. The third-order valence-corrected chi connectivity index (χ3v) is 5.08. The van der Waals surface area contributed by atoms with Crippen LogP contribution in [0.3, 0.4) is 0 Å². The molecule has 0 saturated heterocycles. The summed E-state index contributed by atoms with van der Waals surface area (Å²) < 4.78 is 31.9. The van der Waals surface area contributed by atoms with Crippen molar-refractivity contribution in [3.8, 4) is 0 Å². The van der Waals surface area contributed by atoms with Crippen LogP contribution in [0, 0.1) is 0 Å². The molecule has 2 heterocycles. The number of hydrogen-bond acceptors (Lipinski definition) is 4. The van der Waals surface area contributed by atoms with E-state index in [0.717, 1.165) is 12.2 Å². The van der Waals surface area contributed by atoms with Gasteiger partial charge in [-0.1, -0.05) is 13.8 Å². The highest BCUT2D eigenvalue weighted by Crippen LogP contribution is 2.19. The first kappa shape index (κ1) is 15.8. The van der Waals surface area contributed by atoms with Gasteiger partial charge in [0.05, 0.1) is 17.7 Å². The zero-order chi connectivity index (χ0) is 15.3. The van der Waals surface area contributed by atoms with Gasteiger partial charge in [-0.15, -0.1) is 0 Å². The molecule has 7 heteroatoms. The molecule has 0 aliphatic heterocycles. The van der Waals surface area contributed by atoms with Gasteiger partial charge < -0.3 is 14.7 Å². The molecule has 2 aromatic rings. The second-order valence-corrected chi connectivity index (χ2v) is 6.59. The summed E-state index contributed by atoms with van der Waals surface area (Å²) in [6, 6.07) is 5.19. The van der Waals surface area contributed by atoms with Gasteiger partial charge in [-0.2, -0.15) is 4.31 Å². The normalized spacial score (nSPS) is 12.1. The highest BCUT2D eigenvalue weighted by molar-refractivity contribution is 7.89. The molecule has 0 spiro atoms. The van der Waals surface area contributed by atoms with Crippen LogP contribution in [-0.4, -0.2) is 30.8 Å². The zero-order valence-corrected chi connectivity index (χ0v) is 13.1. The largest absolute Gasteiger partial charge is 0.468 e. The topological polar surface area (TPSA) is 78.3 Å². The van der Waals surface area contributed by atoms with Gasteiger partial charge in [0.25, 0.3) is 0 Å². The molecule has 2 rings (SSSR count). The molecule has 2 aromatic heterocycles. The van der Waals surface area contributed by atoms with Gasteiger partial charge in [-0.3, -0.25) is 0 Å². The van der Waals surface area contributed by atoms with Crippen LogP contribution in [0.4, 0.5) is 0 Å². The van der Waals surface area contributed by atoms with Crippen molar-refractivity contribution in [2.45, 2.75) is 31.8 Å². The maximum absolute atomic E-state index is 12.6. The number of sulfonamides is 1. The standard InChI is InChI=1S/C14H21N3O3S/c1-3-15-9-12-8-14(10-16-12)21(18,19)17(4-2)11-13-6-5-7-20-13/h5-8,10,15-16H,3-4,9,11H2,1-2H3. The molecule has 0 aliphatic rings. The highest BCUT2D eigenvalue weighted by atomic mass is 32.2. The van der Waals surface area contributed by atoms with Crippen molar-refractivity contribution < 1.29 is 12.8 Å². The number of nitrogens with one attached hydrogen (secondary N) is 2. The molecule has 21 heavy (non-hydrogen) atoms. The Balaban J connectivity index is 2.16. The van der Waals surface area contributed by atoms with E-state index in [2.05, 4.69) is 10.3 Å². The van der Waals surface area contributed by atoms with Crippen molar-refractivity contribution in [1.29, 1.82) is 0 Å². The fraction of sp³-hybridized carbons (Fsp3) is 0.429. The molecule has 0 radical (unpaired) electrons. The Morgan fingerprint density at radius 2 is 2.19 bits per heavy atom. The van der Waals surface area contributed by atoms with Crippen LogP contribution in [0.25, 0.3) is 0 Å². The Morgan fingerprint density at radius 3 is 2.81 bits per heavy atom. The molecule has 0 bridgehead atoms. The third kappa shape index (κ3) is 3.75. The first-order valence-corrected chi connectivity index (χ1v) is 8.42. The van der Waals surface area contributed by atoms with Crippen LogP contribution in [0.2, 0.25) is 0 Å². The fourth-order valence-electron chi connectivity index (χ4n) is 2.02. The minimum absolute atomic E-state index is 0.236. The summed E-state index contributed by atoms with van der Waals surface area (Å²) in [7, 11) is -3.52. The Bertz CT molecular complexity index is 647. The van der Waals surface area contributed by atoms with E-state index in [4.69, 9.17) is 4.42 Å². The van der Waals surface area contributed by atoms with Crippen molar-refractivity contribution in [1.82, 2.24) is 14.6 Å². The predicted molar refractivity (Wildman–Crippen MR) is 80.2 cm³/mol. The summed E-state index contributed by atoms with van der Waals surface area (Å²) in [6.45, 7) is 5.89. The van der Waals surface area contributed by atoms with Crippen molar-refractivity contribution in [3.05, 3.63) is 42.1 Å².